The Morgan fingerprint density at radius 1 is 1.07 bits per heavy atom. The lowest BCUT2D eigenvalue weighted by Gasteiger charge is -2.25. The number of aromatic nitrogens is 2. The Balaban J connectivity index is 1.82. The van der Waals surface area contributed by atoms with E-state index in [1.807, 2.05) is 17.0 Å². The summed E-state index contributed by atoms with van der Waals surface area (Å²) in [5, 5.41) is 3.90. The van der Waals surface area contributed by atoms with Gasteiger partial charge >= 0.3 is 6.01 Å². The molecule has 0 spiro atoms. The van der Waals surface area contributed by atoms with Crippen LogP contribution in [0, 0.1) is 11.8 Å². The number of amides is 1. The quantitative estimate of drug-likeness (QED) is 0.460. The molecule has 0 aliphatic heterocycles. The normalized spacial score (nSPS) is 11.2. The van der Waals surface area contributed by atoms with E-state index < -0.39 is 0 Å². The average Bonchev–Trinajstić information content (AvgIpc) is 2.66. The van der Waals surface area contributed by atoms with Gasteiger partial charge in [-0.2, -0.15) is 0 Å². The largest absolute Gasteiger partial charge is 0.424 e. The molecule has 2 rings (SSSR count). The van der Waals surface area contributed by atoms with Crippen molar-refractivity contribution in [3.63, 3.8) is 0 Å². The molecule has 0 fully saturated rings. The summed E-state index contributed by atoms with van der Waals surface area (Å²) >= 11 is 0. The van der Waals surface area contributed by atoms with E-state index in [2.05, 4.69) is 42.8 Å². The van der Waals surface area contributed by atoms with Gasteiger partial charge in [0.05, 0.1) is 6.21 Å². The number of hydrogen-bond acceptors (Lipinski definition) is 6. The van der Waals surface area contributed by atoms with Crippen molar-refractivity contribution in [3.05, 3.63) is 48.3 Å². The van der Waals surface area contributed by atoms with Gasteiger partial charge in [0.2, 0.25) is 0 Å². The maximum absolute atomic E-state index is 12.3. The number of hydrogen-bond donors (Lipinski definition) is 0. The molecule has 150 valence electrons. The van der Waals surface area contributed by atoms with Gasteiger partial charge in [-0.15, -0.1) is 0 Å². The van der Waals surface area contributed by atoms with E-state index in [1.54, 1.807) is 36.8 Å². The van der Waals surface area contributed by atoms with Gasteiger partial charge < -0.3 is 14.5 Å². The molecule has 0 saturated carbocycles. The van der Waals surface area contributed by atoms with Crippen LogP contribution in [0.1, 0.15) is 33.3 Å². The van der Waals surface area contributed by atoms with Crippen molar-refractivity contribution in [2.75, 3.05) is 19.7 Å². The van der Waals surface area contributed by atoms with E-state index in [0.29, 0.717) is 17.6 Å². The Morgan fingerprint density at radius 3 is 2.25 bits per heavy atom. The number of nitrogens with zero attached hydrogens (tertiary/aromatic N) is 4. The van der Waals surface area contributed by atoms with Crippen LogP contribution < -0.4 is 4.74 Å². The molecule has 1 heterocycles. The molecule has 2 aromatic rings. The summed E-state index contributed by atoms with van der Waals surface area (Å²) in [4.78, 5) is 27.4. The van der Waals surface area contributed by atoms with Crippen LogP contribution in [0.5, 0.6) is 11.8 Å². The molecule has 1 amide bonds. The highest BCUT2D eigenvalue weighted by Crippen LogP contribution is 2.17. The Labute approximate surface area is 166 Å². The Kier molecular flexibility index (Phi) is 8.39. The first kappa shape index (κ1) is 21.3. The fraction of sp³-hybridized carbons (Fsp3) is 0.429. The molecule has 0 saturated heterocycles. The summed E-state index contributed by atoms with van der Waals surface area (Å²) in [6, 6.07) is 9.25. The fourth-order valence-electron chi connectivity index (χ4n) is 2.51. The van der Waals surface area contributed by atoms with Crippen molar-refractivity contribution in [1.29, 1.82) is 0 Å². The molecule has 0 atom stereocenters. The Hall–Kier alpha value is -2.96. The standard InChI is InChI=1S/C21H28N4O3/c1-16(2)13-25(14-17(3)4)20(26)15-27-24-12-18-6-8-19(9-7-18)28-21-22-10-5-11-23-21/h5-12,16-17H,13-15H2,1-4H3. The molecule has 7 nitrogen and oxygen atoms in total. The number of rotatable bonds is 10. The summed E-state index contributed by atoms with van der Waals surface area (Å²) in [5.74, 6) is 1.39. The average molecular weight is 384 g/mol. The van der Waals surface area contributed by atoms with Crippen LogP contribution in [-0.4, -0.2) is 46.7 Å². The van der Waals surface area contributed by atoms with Gasteiger partial charge in [-0.3, -0.25) is 4.79 Å². The smallest absolute Gasteiger partial charge is 0.321 e. The highest BCUT2D eigenvalue weighted by Gasteiger charge is 2.16. The van der Waals surface area contributed by atoms with E-state index in [9.17, 15) is 4.79 Å². The van der Waals surface area contributed by atoms with Crippen LogP contribution in [0.15, 0.2) is 47.9 Å². The number of carbonyl (C=O) groups is 1. The minimum atomic E-state index is -0.0670. The summed E-state index contributed by atoms with van der Waals surface area (Å²) in [5.41, 5.74) is 0.829. The highest BCUT2D eigenvalue weighted by molar-refractivity contribution is 5.80. The lowest BCUT2D eigenvalue weighted by Crippen LogP contribution is -2.39. The molecular formula is C21H28N4O3. The first-order chi connectivity index (χ1) is 13.4. The molecule has 0 radical (unpaired) electrons. The van der Waals surface area contributed by atoms with Crippen molar-refractivity contribution >= 4 is 12.1 Å². The molecular weight excluding hydrogens is 356 g/mol. The topological polar surface area (TPSA) is 76.9 Å². The van der Waals surface area contributed by atoms with Crippen molar-refractivity contribution < 1.29 is 14.4 Å². The van der Waals surface area contributed by atoms with Gasteiger partial charge in [0.15, 0.2) is 6.61 Å². The van der Waals surface area contributed by atoms with Crippen LogP contribution in [-0.2, 0) is 9.63 Å². The molecule has 0 aliphatic rings. The molecule has 0 unspecified atom stereocenters. The number of carbonyl (C=O) groups excluding carboxylic acids is 1. The fourth-order valence-corrected chi connectivity index (χ4v) is 2.51. The van der Waals surface area contributed by atoms with Crippen molar-refractivity contribution in [3.8, 4) is 11.8 Å². The van der Waals surface area contributed by atoms with Crippen molar-refractivity contribution in [2.24, 2.45) is 17.0 Å². The highest BCUT2D eigenvalue weighted by atomic mass is 16.6. The summed E-state index contributed by atoms with van der Waals surface area (Å²) in [6.45, 7) is 9.75. The van der Waals surface area contributed by atoms with Gasteiger partial charge in [-0.1, -0.05) is 32.9 Å². The molecule has 1 aromatic carbocycles. The van der Waals surface area contributed by atoms with E-state index in [1.165, 1.54) is 0 Å². The predicted molar refractivity (Wildman–Crippen MR) is 108 cm³/mol. The predicted octanol–water partition coefficient (Wildman–Crippen LogP) is 3.76. The third kappa shape index (κ3) is 7.73. The summed E-state index contributed by atoms with van der Waals surface area (Å²) in [7, 11) is 0. The summed E-state index contributed by atoms with van der Waals surface area (Å²) < 4.78 is 5.53. The first-order valence-corrected chi connectivity index (χ1v) is 9.42. The zero-order valence-electron chi connectivity index (χ0n) is 16.9. The maximum atomic E-state index is 12.3. The SMILES string of the molecule is CC(C)CN(CC(C)C)C(=O)CON=Cc1ccc(Oc2ncccn2)cc1. The molecule has 0 N–H and O–H groups in total. The second-order valence-electron chi connectivity index (χ2n) is 7.30. The molecule has 28 heavy (non-hydrogen) atoms. The minimum Gasteiger partial charge on any atom is -0.424 e. The third-order valence-electron chi connectivity index (χ3n) is 3.62. The number of ether oxygens (including phenoxy) is 1. The molecule has 0 aliphatic carbocycles. The Morgan fingerprint density at radius 2 is 1.68 bits per heavy atom. The van der Waals surface area contributed by atoms with E-state index >= 15 is 0 Å². The molecule has 0 bridgehead atoms. The maximum Gasteiger partial charge on any atom is 0.321 e. The second-order valence-corrected chi connectivity index (χ2v) is 7.30. The van der Waals surface area contributed by atoms with Crippen LogP contribution in [0.2, 0.25) is 0 Å². The lowest BCUT2D eigenvalue weighted by molar-refractivity contribution is -0.137. The van der Waals surface area contributed by atoms with Crippen LogP contribution >= 0.6 is 0 Å². The van der Waals surface area contributed by atoms with E-state index in [0.717, 1.165) is 18.7 Å². The van der Waals surface area contributed by atoms with Gasteiger partial charge in [-0.05, 0) is 47.7 Å². The van der Waals surface area contributed by atoms with Crippen molar-refractivity contribution in [2.45, 2.75) is 27.7 Å². The van der Waals surface area contributed by atoms with Crippen LogP contribution in [0.25, 0.3) is 0 Å². The minimum absolute atomic E-state index is 0.0499. The third-order valence-corrected chi connectivity index (χ3v) is 3.62. The van der Waals surface area contributed by atoms with Gasteiger partial charge in [0.1, 0.15) is 5.75 Å². The van der Waals surface area contributed by atoms with E-state index in [-0.39, 0.29) is 18.5 Å². The molecule has 1 aromatic heterocycles. The van der Waals surface area contributed by atoms with Gasteiger partial charge in [0.25, 0.3) is 5.91 Å². The van der Waals surface area contributed by atoms with Gasteiger partial charge in [0, 0.05) is 25.5 Å². The monoisotopic (exact) mass is 384 g/mol. The van der Waals surface area contributed by atoms with E-state index in [4.69, 9.17) is 9.57 Å². The zero-order chi connectivity index (χ0) is 20.4. The lowest BCUT2D eigenvalue weighted by atomic mass is 10.1. The van der Waals surface area contributed by atoms with Crippen LogP contribution in [0.3, 0.4) is 0 Å². The molecule has 7 heteroatoms. The van der Waals surface area contributed by atoms with Gasteiger partial charge in [-0.25, -0.2) is 9.97 Å². The van der Waals surface area contributed by atoms with Crippen molar-refractivity contribution in [1.82, 2.24) is 14.9 Å². The zero-order valence-corrected chi connectivity index (χ0v) is 16.9. The first-order valence-electron chi connectivity index (χ1n) is 9.42. The van der Waals surface area contributed by atoms with Crippen LogP contribution in [0.4, 0.5) is 0 Å². The summed E-state index contributed by atoms with van der Waals surface area (Å²) in [6.07, 6.45) is 4.79. The Bertz CT molecular complexity index is 736. The number of oxime groups is 1. The number of benzene rings is 1. The second kappa shape index (κ2) is 11.0.